The number of aromatic nitrogens is 2. The number of imidazole rings is 1. The van der Waals surface area contributed by atoms with Crippen LogP contribution < -0.4 is 32.0 Å². The van der Waals surface area contributed by atoms with Crippen LogP contribution in [0.15, 0.2) is 71.7 Å². The summed E-state index contributed by atoms with van der Waals surface area (Å²) in [5.74, 6) is 0.993. The van der Waals surface area contributed by atoms with Gasteiger partial charge in [0, 0.05) is 23.4 Å². The number of hydrogen-bond acceptors (Lipinski definition) is 6. The van der Waals surface area contributed by atoms with E-state index in [9.17, 15) is 9.59 Å². The van der Waals surface area contributed by atoms with Crippen molar-refractivity contribution in [2.45, 2.75) is 18.9 Å². The maximum Gasteiger partial charge on any atom is 0.255 e. The van der Waals surface area contributed by atoms with Gasteiger partial charge in [0.25, 0.3) is 5.91 Å². The van der Waals surface area contributed by atoms with E-state index < -0.39 is 11.9 Å². The van der Waals surface area contributed by atoms with Crippen molar-refractivity contribution in [3.8, 4) is 22.9 Å². The summed E-state index contributed by atoms with van der Waals surface area (Å²) in [7, 11) is 3.15. The number of rotatable bonds is 11. The number of carbonyl (C=O) groups excluding carboxylic acids is 2. The lowest BCUT2D eigenvalue weighted by Gasteiger charge is -2.19. The molecule has 4 rings (SSSR count). The maximum atomic E-state index is 13.0. The van der Waals surface area contributed by atoms with Gasteiger partial charge >= 0.3 is 0 Å². The molecule has 4 aromatic rings. The van der Waals surface area contributed by atoms with E-state index in [4.69, 9.17) is 31.7 Å². The molecule has 0 bridgehead atoms. The highest BCUT2D eigenvalue weighted by Gasteiger charge is 2.25. The van der Waals surface area contributed by atoms with Crippen molar-refractivity contribution in [1.82, 2.24) is 9.55 Å². The summed E-state index contributed by atoms with van der Waals surface area (Å²) in [6, 6.07) is 18.8. The minimum Gasteiger partial charge on any atom is -0.497 e. The molecule has 39 heavy (non-hydrogen) atoms. The Hall–Kier alpha value is -5.06. The molecule has 7 N–H and O–H groups in total. The number of benzene rings is 3. The van der Waals surface area contributed by atoms with Gasteiger partial charge in [0.2, 0.25) is 5.91 Å². The summed E-state index contributed by atoms with van der Waals surface area (Å²) in [5.41, 5.74) is 19.7. The molecule has 0 unspecified atom stereocenters. The highest BCUT2D eigenvalue weighted by atomic mass is 16.5. The van der Waals surface area contributed by atoms with Crippen LogP contribution in [-0.4, -0.2) is 48.1 Å². The molecule has 1 aromatic heterocycles. The smallest absolute Gasteiger partial charge is 0.255 e. The van der Waals surface area contributed by atoms with E-state index in [1.54, 1.807) is 61.3 Å². The fourth-order valence-corrected chi connectivity index (χ4v) is 4.29. The molecule has 0 aliphatic carbocycles. The molecular weight excluding hydrogens is 498 g/mol. The van der Waals surface area contributed by atoms with E-state index in [-0.39, 0.29) is 11.9 Å². The molecule has 0 saturated heterocycles. The third kappa shape index (κ3) is 6.27. The van der Waals surface area contributed by atoms with E-state index in [1.807, 2.05) is 24.3 Å². The lowest BCUT2D eigenvalue weighted by molar-refractivity contribution is -0.121. The third-order valence-corrected chi connectivity index (χ3v) is 6.20. The number of primary amides is 1. The predicted octanol–water partition coefficient (Wildman–Crippen LogP) is 3.05. The van der Waals surface area contributed by atoms with Crippen molar-refractivity contribution in [3.63, 3.8) is 0 Å². The average Bonchev–Trinajstić information content (AvgIpc) is 3.31. The van der Waals surface area contributed by atoms with Crippen molar-refractivity contribution in [2.24, 2.45) is 22.2 Å². The van der Waals surface area contributed by atoms with Crippen molar-refractivity contribution >= 4 is 34.5 Å². The van der Waals surface area contributed by atoms with Crippen LogP contribution in [0.4, 0.5) is 5.69 Å². The monoisotopic (exact) mass is 529 g/mol. The Labute approximate surface area is 225 Å². The van der Waals surface area contributed by atoms with E-state index in [2.05, 4.69) is 10.3 Å². The van der Waals surface area contributed by atoms with Crippen LogP contribution in [0.5, 0.6) is 11.5 Å². The normalized spacial score (nSPS) is 11.5. The summed E-state index contributed by atoms with van der Waals surface area (Å²) in [6.45, 7) is 0.350. The molecule has 0 aliphatic rings. The molecule has 3 aromatic carbocycles. The van der Waals surface area contributed by atoms with Crippen molar-refractivity contribution < 1.29 is 19.1 Å². The van der Waals surface area contributed by atoms with Gasteiger partial charge in [-0.25, -0.2) is 4.98 Å². The van der Waals surface area contributed by atoms with Crippen LogP contribution in [0.1, 0.15) is 29.2 Å². The first kappa shape index (κ1) is 27.0. The number of nitrogens with two attached hydrogens (primary N) is 3. The third-order valence-electron chi connectivity index (χ3n) is 6.20. The van der Waals surface area contributed by atoms with Gasteiger partial charge in [-0.3, -0.25) is 14.6 Å². The average molecular weight is 530 g/mol. The number of nitrogens with one attached hydrogen (secondary N) is 1. The lowest BCUT2D eigenvalue weighted by atomic mass is 10.1. The first-order valence-corrected chi connectivity index (χ1v) is 12.3. The number of ether oxygens (including phenoxy) is 2. The summed E-state index contributed by atoms with van der Waals surface area (Å²) in [5, 5.41) is 2.87. The van der Waals surface area contributed by atoms with Crippen molar-refractivity contribution in [2.75, 3.05) is 26.1 Å². The van der Waals surface area contributed by atoms with Crippen LogP contribution in [0.25, 0.3) is 22.4 Å². The second-order valence-corrected chi connectivity index (χ2v) is 8.79. The van der Waals surface area contributed by atoms with Gasteiger partial charge in [0.05, 0.1) is 25.3 Å². The van der Waals surface area contributed by atoms with Crippen molar-refractivity contribution in [3.05, 3.63) is 72.3 Å². The zero-order valence-electron chi connectivity index (χ0n) is 21.8. The van der Waals surface area contributed by atoms with Crippen LogP contribution in [0, 0.1) is 0 Å². The second-order valence-electron chi connectivity index (χ2n) is 8.79. The van der Waals surface area contributed by atoms with Crippen molar-refractivity contribution in [1.29, 1.82) is 0 Å². The number of carbonyl (C=O) groups is 2. The lowest BCUT2D eigenvalue weighted by Crippen LogP contribution is -2.27. The molecule has 1 atom stereocenters. The standard InChI is InChI=1S/C28H31N7O4/c1-38-20-11-9-19(10-12-20)33-27(37)18-8-13-23-22(16-18)34-26(17-5-3-6-21(15-17)39-2)35(23)24(25(29)36)7-4-14-32-28(30)31/h3,5-6,8-13,15-16,24H,4,7,14H2,1-2H3,(H2,29,36)(H,33,37)(H4,30,31,32)/t24-/m0/s1. The SMILES string of the molecule is COc1ccc(NC(=O)c2ccc3c(c2)nc(-c2cccc(OC)c2)n3[C@@H](CCCN=C(N)N)C(N)=O)cc1. The summed E-state index contributed by atoms with van der Waals surface area (Å²) >= 11 is 0. The Morgan fingerprint density at radius 3 is 2.38 bits per heavy atom. The number of hydrogen-bond donors (Lipinski definition) is 4. The van der Waals surface area contributed by atoms with Gasteiger partial charge < -0.3 is 36.6 Å². The Morgan fingerprint density at radius 1 is 0.974 bits per heavy atom. The molecule has 0 radical (unpaired) electrons. The summed E-state index contributed by atoms with van der Waals surface area (Å²) < 4.78 is 12.4. The van der Waals surface area contributed by atoms with Gasteiger partial charge in [-0.1, -0.05) is 12.1 Å². The highest BCUT2D eigenvalue weighted by molar-refractivity contribution is 6.06. The van der Waals surface area contributed by atoms with E-state index >= 15 is 0 Å². The van der Waals surface area contributed by atoms with Crippen LogP contribution in [0.3, 0.4) is 0 Å². The molecule has 11 heteroatoms. The van der Waals surface area contributed by atoms with Gasteiger partial charge in [0.15, 0.2) is 5.96 Å². The number of guanidine groups is 1. The quantitative estimate of drug-likeness (QED) is 0.131. The topological polar surface area (TPSA) is 173 Å². The van der Waals surface area contributed by atoms with Gasteiger partial charge in [-0.2, -0.15) is 0 Å². The Balaban J connectivity index is 1.75. The molecule has 2 amide bonds. The number of nitrogens with zero attached hydrogens (tertiary/aromatic N) is 3. The zero-order valence-corrected chi connectivity index (χ0v) is 21.8. The number of methoxy groups -OCH3 is 2. The van der Waals surface area contributed by atoms with Gasteiger partial charge in [-0.05, 0) is 67.4 Å². The molecular formula is C28H31N7O4. The van der Waals surface area contributed by atoms with E-state index in [0.29, 0.717) is 59.0 Å². The van der Waals surface area contributed by atoms with E-state index in [0.717, 1.165) is 5.56 Å². The first-order valence-electron chi connectivity index (χ1n) is 12.3. The Morgan fingerprint density at radius 2 is 1.72 bits per heavy atom. The molecule has 0 fully saturated rings. The number of fused-ring (bicyclic) bond motifs is 1. The molecule has 0 spiro atoms. The minimum atomic E-state index is -0.732. The fraction of sp³-hybridized carbons (Fsp3) is 0.214. The summed E-state index contributed by atoms with van der Waals surface area (Å²) in [4.78, 5) is 34.6. The zero-order chi connectivity index (χ0) is 27.9. The second kappa shape index (κ2) is 12.0. The Kier molecular flexibility index (Phi) is 8.30. The Bertz CT molecular complexity index is 1510. The number of amides is 2. The number of anilines is 1. The van der Waals surface area contributed by atoms with Gasteiger partial charge in [-0.15, -0.1) is 0 Å². The van der Waals surface area contributed by atoms with Crippen LogP contribution in [-0.2, 0) is 4.79 Å². The molecule has 0 aliphatic heterocycles. The van der Waals surface area contributed by atoms with E-state index in [1.165, 1.54) is 0 Å². The highest BCUT2D eigenvalue weighted by Crippen LogP contribution is 2.32. The summed E-state index contributed by atoms with van der Waals surface area (Å²) in [6.07, 6.45) is 0.902. The fourth-order valence-electron chi connectivity index (χ4n) is 4.29. The van der Waals surface area contributed by atoms with Crippen LogP contribution in [0.2, 0.25) is 0 Å². The minimum absolute atomic E-state index is 0.0174. The molecule has 11 nitrogen and oxygen atoms in total. The van der Waals surface area contributed by atoms with Gasteiger partial charge in [0.1, 0.15) is 23.4 Å². The van der Waals surface area contributed by atoms with Crippen LogP contribution >= 0.6 is 0 Å². The predicted molar refractivity (Wildman–Crippen MR) is 151 cm³/mol. The number of aliphatic imine (C=N–C) groups is 1. The molecule has 0 saturated carbocycles. The first-order chi connectivity index (χ1) is 18.8. The molecule has 1 heterocycles. The maximum absolute atomic E-state index is 13.0. The largest absolute Gasteiger partial charge is 0.497 e. The molecule has 202 valence electrons.